The summed E-state index contributed by atoms with van der Waals surface area (Å²) in [5, 5.41) is 12.7. The topological polar surface area (TPSA) is 88.1 Å². The number of benzene rings is 2. The van der Waals surface area contributed by atoms with Crippen LogP contribution in [0.5, 0.6) is 17.2 Å². The minimum atomic E-state index is -0.366. The number of imide groups is 1. The van der Waals surface area contributed by atoms with Crippen molar-refractivity contribution in [3.63, 3.8) is 0 Å². The van der Waals surface area contributed by atoms with Gasteiger partial charge in [-0.25, -0.2) is 0 Å². The zero-order valence-electron chi connectivity index (χ0n) is 22.0. The van der Waals surface area contributed by atoms with Gasteiger partial charge in [0.05, 0.1) is 4.91 Å². The Morgan fingerprint density at radius 1 is 1.16 bits per heavy atom. The molecule has 7 nitrogen and oxygen atoms in total. The second kappa shape index (κ2) is 9.72. The summed E-state index contributed by atoms with van der Waals surface area (Å²) in [6.07, 6.45) is 3.90. The molecule has 3 aliphatic heterocycles. The number of nitrogens with one attached hydrogen (secondary N) is 1. The number of nitrogens with zero attached hydrogens (tertiary/aromatic N) is 1. The first-order valence-electron chi connectivity index (χ1n) is 12.8. The van der Waals surface area contributed by atoms with Crippen LogP contribution in [0.4, 0.5) is 4.79 Å². The van der Waals surface area contributed by atoms with Crippen molar-refractivity contribution in [1.82, 2.24) is 10.2 Å². The van der Waals surface area contributed by atoms with Gasteiger partial charge >= 0.3 is 0 Å². The number of phenolic OH excluding ortho intramolecular Hbond substituents is 1. The minimum absolute atomic E-state index is 0.151. The van der Waals surface area contributed by atoms with Gasteiger partial charge < -0.3 is 14.6 Å². The number of phenols is 1. The van der Waals surface area contributed by atoms with Crippen molar-refractivity contribution < 1.29 is 24.2 Å². The highest BCUT2D eigenvalue weighted by Gasteiger charge is 2.45. The SMILES string of the molecule is Cc1c(C)c2c(c(C)c1O)C(CN1CCC[C@H]1COc1ccc(/C=C3\SC(=O)NC3=O)cc1)C(C)(C)O2. The maximum Gasteiger partial charge on any atom is 0.290 e. The standard InChI is InChI=1S/C29H34N2O5S/c1-16-17(2)26-24(18(3)25(16)32)22(29(4,5)36-26)14-31-12-6-7-20(31)15-35-21-10-8-19(9-11-21)13-23-27(33)30-28(34)37-23/h8-11,13,20,22,32H,6-7,12,14-15H2,1-5H3,(H,30,33,34)/b23-13-/t20-,22?/m0/s1. The maximum atomic E-state index is 11.8. The highest BCUT2D eigenvalue weighted by Crippen LogP contribution is 2.52. The Hall–Kier alpha value is -2.97. The molecule has 0 spiro atoms. The zero-order chi connectivity index (χ0) is 26.5. The Morgan fingerprint density at radius 3 is 2.57 bits per heavy atom. The Bertz CT molecular complexity index is 1280. The molecule has 2 saturated heterocycles. The molecule has 3 aliphatic rings. The number of thioether (sulfide) groups is 1. The van der Waals surface area contributed by atoms with E-state index in [1.807, 2.05) is 45.0 Å². The Labute approximate surface area is 222 Å². The Kier molecular flexibility index (Phi) is 6.75. The van der Waals surface area contributed by atoms with Gasteiger partial charge in [0.1, 0.15) is 29.5 Å². The van der Waals surface area contributed by atoms with Gasteiger partial charge in [0.15, 0.2) is 0 Å². The summed E-state index contributed by atoms with van der Waals surface area (Å²) < 4.78 is 12.7. The third-order valence-electron chi connectivity index (χ3n) is 7.99. The van der Waals surface area contributed by atoms with E-state index in [1.165, 1.54) is 0 Å². The lowest BCUT2D eigenvalue weighted by Crippen LogP contribution is -2.42. The van der Waals surface area contributed by atoms with E-state index < -0.39 is 0 Å². The van der Waals surface area contributed by atoms with Crippen molar-refractivity contribution in [2.24, 2.45) is 0 Å². The highest BCUT2D eigenvalue weighted by molar-refractivity contribution is 8.18. The molecule has 0 aliphatic carbocycles. The van der Waals surface area contributed by atoms with Gasteiger partial charge in [-0.2, -0.15) is 0 Å². The number of ether oxygens (including phenoxy) is 2. The van der Waals surface area contributed by atoms with Gasteiger partial charge in [-0.15, -0.1) is 0 Å². The number of amides is 2. The molecule has 2 aromatic rings. The van der Waals surface area contributed by atoms with Crippen LogP contribution >= 0.6 is 11.8 Å². The molecular formula is C29H34N2O5S. The van der Waals surface area contributed by atoms with Crippen LogP contribution in [0.1, 0.15) is 60.4 Å². The van der Waals surface area contributed by atoms with Crippen molar-refractivity contribution in [3.8, 4) is 17.2 Å². The summed E-state index contributed by atoms with van der Waals surface area (Å²) in [6, 6.07) is 7.87. The van der Waals surface area contributed by atoms with E-state index in [0.717, 1.165) is 77.0 Å². The summed E-state index contributed by atoms with van der Waals surface area (Å²) in [5.74, 6) is 1.88. The first-order valence-corrected chi connectivity index (χ1v) is 13.6. The lowest BCUT2D eigenvalue weighted by molar-refractivity contribution is -0.115. The highest BCUT2D eigenvalue weighted by atomic mass is 32.2. The van der Waals surface area contributed by atoms with E-state index in [2.05, 4.69) is 24.1 Å². The van der Waals surface area contributed by atoms with Crippen LogP contribution < -0.4 is 14.8 Å². The fourth-order valence-corrected chi connectivity index (χ4v) is 6.34. The number of hydrogen-bond donors (Lipinski definition) is 2. The quantitative estimate of drug-likeness (QED) is 0.489. The molecule has 2 N–H and O–H groups in total. The average molecular weight is 523 g/mol. The van der Waals surface area contributed by atoms with Gasteiger partial charge in [0, 0.05) is 24.1 Å². The number of hydrogen-bond acceptors (Lipinski definition) is 7. The molecule has 2 amide bonds. The summed E-state index contributed by atoms with van der Waals surface area (Å²) in [5.41, 5.74) is 4.45. The summed E-state index contributed by atoms with van der Waals surface area (Å²) in [4.78, 5) is 26.0. The first-order chi connectivity index (χ1) is 17.5. The number of likely N-dealkylation sites (tertiary alicyclic amines) is 1. The molecule has 2 fully saturated rings. The Morgan fingerprint density at radius 2 is 1.89 bits per heavy atom. The fraction of sp³-hybridized carbons (Fsp3) is 0.448. The molecule has 2 aromatic carbocycles. The predicted octanol–water partition coefficient (Wildman–Crippen LogP) is 5.44. The van der Waals surface area contributed by atoms with Crippen molar-refractivity contribution in [3.05, 3.63) is 57.0 Å². The van der Waals surface area contributed by atoms with E-state index in [1.54, 1.807) is 6.08 Å². The number of carbonyl (C=O) groups excluding carboxylic acids is 2. The number of aromatic hydroxyl groups is 1. The fourth-order valence-electron chi connectivity index (χ4n) is 5.66. The molecule has 0 aromatic heterocycles. The molecule has 0 bridgehead atoms. The van der Waals surface area contributed by atoms with Crippen molar-refractivity contribution >= 4 is 29.0 Å². The van der Waals surface area contributed by atoms with Crippen molar-refractivity contribution in [2.75, 3.05) is 19.7 Å². The first kappa shape index (κ1) is 25.7. The average Bonchev–Trinajstić information content (AvgIpc) is 3.51. The number of fused-ring (bicyclic) bond motifs is 1. The van der Waals surface area contributed by atoms with Crippen molar-refractivity contribution in [2.45, 2.75) is 65.0 Å². The third-order valence-corrected chi connectivity index (χ3v) is 8.80. The van der Waals surface area contributed by atoms with Crippen LogP contribution in [0, 0.1) is 20.8 Å². The molecule has 8 heteroatoms. The van der Waals surface area contributed by atoms with Gasteiger partial charge in [-0.1, -0.05) is 12.1 Å². The second-order valence-electron chi connectivity index (χ2n) is 10.7. The monoisotopic (exact) mass is 522 g/mol. The molecule has 37 heavy (non-hydrogen) atoms. The number of carbonyl (C=O) groups is 2. The van der Waals surface area contributed by atoms with Crippen LogP contribution in [0.15, 0.2) is 29.2 Å². The van der Waals surface area contributed by atoms with Crippen LogP contribution in [0.25, 0.3) is 6.08 Å². The smallest absolute Gasteiger partial charge is 0.290 e. The molecule has 0 saturated carbocycles. The van der Waals surface area contributed by atoms with Gasteiger partial charge in [0.25, 0.3) is 11.1 Å². The summed E-state index contributed by atoms with van der Waals surface area (Å²) >= 11 is 0.913. The van der Waals surface area contributed by atoms with Crippen LogP contribution in [-0.2, 0) is 4.79 Å². The minimum Gasteiger partial charge on any atom is -0.507 e. The van der Waals surface area contributed by atoms with Crippen LogP contribution in [0.3, 0.4) is 0 Å². The lowest BCUT2D eigenvalue weighted by atomic mass is 9.82. The summed E-state index contributed by atoms with van der Waals surface area (Å²) in [6.45, 7) is 12.7. The number of rotatable bonds is 6. The molecule has 0 radical (unpaired) electrons. The zero-order valence-corrected chi connectivity index (χ0v) is 22.8. The molecule has 196 valence electrons. The predicted molar refractivity (Wildman–Crippen MR) is 145 cm³/mol. The Balaban J connectivity index is 1.26. The maximum absolute atomic E-state index is 11.8. The van der Waals surface area contributed by atoms with E-state index in [-0.39, 0.29) is 22.7 Å². The van der Waals surface area contributed by atoms with Gasteiger partial charge in [0.2, 0.25) is 0 Å². The largest absolute Gasteiger partial charge is 0.507 e. The van der Waals surface area contributed by atoms with Crippen LogP contribution in [0.2, 0.25) is 0 Å². The van der Waals surface area contributed by atoms with E-state index in [9.17, 15) is 14.7 Å². The third kappa shape index (κ3) is 4.84. The second-order valence-corrected chi connectivity index (χ2v) is 11.8. The van der Waals surface area contributed by atoms with Gasteiger partial charge in [-0.3, -0.25) is 19.8 Å². The molecular weight excluding hydrogens is 488 g/mol. The molecule has 1 unspecified atom stereocenters. The van der Waals surface area contributed by atoms with E-state index in [0.29, 0.717) is 23.3 Å². The normalized spacial score (nSPS) is 23.9. The molecule has 5 rings (SSSR count). The van der Waals surface area contributed by atoms with E-state index in [4.69, 9.17) is 9.47 Å². The van der Waals surface area contributed by atoms with Gasteiger partial charge in [-0.05, 0) is 106 Å². The summed E-state index contributed by atoms with van der Waals surface area (Å²) in [7, 11) is 0. The molecule has 3 heterocycles. The van der Waals surface area contributed by atoms with Crippen molar-refractivity contribution in [1.29, 1.82) is 0 Å². The van der Waals surface area contributed by atoms with E-state index >= 15 is 0 Å². The van der Waals surface area contributed by atoms with Crippen LogP contribution in [-0.4, -0.2) is 52.5 Å². The molecule has 2 atom stereocenters. The lowest BCUT2D eigenvalue weighted by Gasteiger charge is -2.33.